The molecule has 1 aliphatic heterocycles. The Bertz CT molecular complexity index is 1030. The Morgan fingerprint density at radius 3 is 2.15 bits per heavy atom. The normalized spacial score (nSPS) is 15.8. The summed E-state index contributed by atoms with van der Waals surface area (Å²) in [6.45, 7) is 5.40. The summed E-state index contributed by atoms with van der Waals surface area (Å²) in [6, 6.07) is 28.9. The average Bonchev–Trinajstić information content (AvgIpc) is 2.82. The van der Waals surface area contributed by atoms with Gasteiger partial charge >= 0.3 is 0 Å². The lowest BCUT2D eigenvalue weighted by Crippen LogP contribution is -2.60. The van der Waals surface area contributed by atoms with Crippen molar-refractivity contribution in [2.75, 3.05) is 31.7 Å². The molecule has 0 aromatic heterocycles. The van der Waals surface area contributed by atoms with E-state index in [1.807, 2.05) is 36.4 Å². The molecule has 1 aliphatic rings. The van der Waals surface area contributed by atoms with E-state index >= 15 is 0 Å². The van der Waals surface area contributed by atoms with Gasteiger partial charge in [-0.15, -0.1) is 0 Å². The monoisotopic (exact) mass is 442 g/mol. The number of likely N-dealkylation sites (tertiary alicyclic amines) is 1. The van der Waals surface area contributed by atoms with Gasteiger partial charge in [0, 0.05) is 32.4 Å². The maximum Gasteiger partial charge on any atom is 0.232 e. The molecule has 0 spiro atoms. The maximum atomic E-state index is 13.8. The predicted molar refractivity (Wildman–Crippen MR) is 134 cm³/mol. The molecule has 0 atom stereocenters. The fourth-order valence-corrected chi connectivity index (χ4v) is 4.97. The lowest BCUT2D eigenvalue weighted by Gasteiger charge is -2.48. The highest BCUT2D eigenvalue weighted by molar-refractivity contribution is 5.96. The van der Waals surface area contributed by atoms with Gasteiger partial charge in [0.2, 0.25) is 5.91 Å². The minimum Gasteiger partial charge on any atom is -0.382 e. The largest absolute Gasteiger partial charge is 0.382 e. The first-order valence-electron chi connectivity index (χ1n) is 11.8. The number of benzene rings is 3. The van der Waals surface area contributed by atoms with Crippen molar-refractivity contribution in [3.63, 3.8) is 0 Å². The lowest BCUT2D eigenvalue weighted by molar-refractivity contribution is -0.120. The minimum absolute atomic E-state index is 0.125. The van der Waals surface area contributed by atoms with E-state index in [1.54, 1.807) is 7.11 Å². The highest BCUT2D eigenvalue weighted by atomic mass is 16.5. The molecule has 1 amide bonds. The highest BCUT2D eigenvalue weighted by Gasteiger charge is 2.43. The van der Waals surface area contributed by atoms with Gasteiger partial charge in [-0.1, -0.05) is 72.8 Å². The number of hydrogen-bond acceptors (Lipinski definition) is 3. The third-order valence-corrected chi connectivity index (χ3v) is 6.63. The molecule has 0 radical (unpaired) electrons. The van der Waals surface area contributed by atoms with E-state index in [2.05, 4.69) is 65.3 Å². The summed E-state index contributed by atoms with van der Waals surface area (Å²) in [5.74, 6) is 0.125. The van der Waals surface area contributed by atoms with E-state index in [-0.39, 0.29) is 11.4 Å². The molecule has 0 aliphatic carbocycles. The molecule has 0 saturated carbocycles. The van der Waals surface area contributed by atoms with Gasteiger partial charge in [-0.25, -0.2) is 0 Å². The van der Waals surface area contributed by atoms with E-state index in [0.29, 0.717) is 13.0 Å². The first-order valence-corrected chi connectivity index (χ1v) is 11.8. The van der Waals surface area contributed by atoms with Gasteiger partial charge in [-0.2, -0.15) is 0 Å². The second-order valence-corrected chi connectivity index (χ2v) is 9.15. The number of carbonyl (C=O) groups is 1. The van der Waals surface area contributed by atoms with Crippen LogP contribution in [0.15, 0.2) is 84.9 Å². The van der Waals surface area contributed by atoms with Crippen LogP contribution in [0.2, 0.25) is 0 Å². The SMILES string of the molecule is COCC1(N(C(=O)Cc2ccccc2)c2cccc(C)c2)CCN(Cc2ccccc2)CC1. The number of aryl methyl sites for hydroxylation is 1. The quantitative estimate of drug-likeness (QED) is 0.478. The number of piperidine rings is 1. The fourth-order valence-electron chi connectivity index (χ4n) is 4.97. The highest BCUT2D eigenvalue weighted by Crippen LogP contribution is 2.35. The van der Waals surface area contributed by atoms with Crippen LogP contribution in [0.5, 0.6) is 0 Å². The first kappa shape index (κ1) is 23.2. The van der Waals surface area contributed by atoms with Crippen molar-refractivity contribution in [2.45, 2.75) is 38.3 Å². The molecule has 3 aromatic carbocycles. The van der Waals surface area contributed by atoms with Crippen LogP contribution in [0.25, 0.3) is 0 Å². The molecule has 1 saturated heterocycles. The number of carbonyl (C=O) groups excluding carboxylic acids is 1. The van der Waals surface area contributed by atoms with E-state index in [9.17, 15) is 4.79 Å². The molecule has 3 aromatic rings. The standard InChI is InChI=1S/C29H34N2O2/c1-24-10-9-15-27(20-24)31(28(32)21-25-11-5-3-6-12-25)29(23-33-2)16-18-30(19-17-29)22-26-13-7-4-8-14-26/h3-15,20H,16-19,21-23H2,1-2H3. The Morgan fingerprint density at radius 2 is 1.55 bits per heavy atom. The molecule has 0 N–H and O–H groups in total. The van der Waals surface area contributed by atoms with Crippen molar-refractivity contribution in [3.8, 4) is 0 Å². The molecule has 1 fully saturated rings. The molecule has 0 unspecified atom stereocenters. The topological polar surface area (TPSA) is 32.8 Å². The van der Waals surface area contributed by atoms with Gasteiger partial charge < -0.3 is 9.64 Å². The van der Waals surface area contributed by atoms with Crippen LogP contribution in [-0.2, 0) is 22.5 Å². The summed E-state index contributed by atoms with van der Waals surface area (Å²) in [5, 5.41) is 0. The molecular formula is C29H34N2O2. The predicted octanol–water partition coefficient (Wildman–Crippen LogP) is 5.25. The molecule has 33 heavy (non-hydrogen) atoms. The van der Waals surface area contributed by atoms with Crippen LogP contribution >= 0.6 is 0 Å². The van der Waals surface area contributed by atoms with E-state index in [0.717, 1.165) is 49.3 Å². The smallest absolute Gasteiger partial charge is 0.232 e. The van der Waals surface area contributed by atoms with E-state index < -0.39 is 0 Å². The Kier molecular flexibility index (Phi) is 7.58. The van der Waals surface area contributed by atoms with Crippen molar-refractivity contribution < 1.29 is 9.53 Å². The van der Waals surface area contributed by atoms with Gasteiger partial charge in [-0.05, 0) is 48.6 Å². The average molecular weight is 443 g/mol. The summed E-state index contributed by atoms with van der Waals surface area (Å²) in [5.41, 5.74) is 4.12. The number of ether oxygens (including phenoxy) is 1. The summed E-state index contributed by atoms with van der Waals surface area (Å²) < 4.78 is 5.76. The third kappa shape index (κ3) is 5.70. The zero-order valence-corrected chi connectivity index (χ0v) is 19.7. The van der Waals surface area contributed by atoms with Gasteiger partial charge in [0.25, 0.3) is 0 Å². The molecule has 0 bridgehead atoms. The molecular weight excluding hydrogens is 408 g/mol. The third-order valence-electron chi connectivity index (χ3n) is 6.63. The number of rotatable bonds is 8. The van der Waals surface area contributed by atoms with Crippen LogP contribution in [0, 0.1) is 6.92 Å². The summed E-state index contributed by atoms with van der Waals surface area (Å²) >= 11 is 0. The minimum atomic E-state index is -0.360. The fraction of sp³-hybridized carbons (Fsp3) is 0.345. The van der Waals surface area contributed by atoms with Gasteiger partial charge in [-0.3, -0.25) is 9.69 Å². The zero-order chi connectivity index (χ0) is 23.1. The summed E-state index contributed by atoms with van der Waals surface area (Å²) in [6.07, 6.45) is 2.14. The van der Waals surface area contributed by atoms with Crippen LogP contribution in [0.3, 0.4) is 0 Å². The molecule has 4 heteroatoms. The number of nitrogens with zero attached hydrogens (tertiary/aromatic N) is 2. The number of amides is 1. The first-order chi connectivity index (χ1) is 16.1. The number of hydrogen-bond donors (Lipinski definition) is 0. The van der Waals surface area contributed by atoms with Crippen molar-refractivity contribution in [1.82, 2.24) is 4.90 Å². The van der Waals surface area contributed by atoms with E-state index in [4.69, 9.17) is 4.74 Å². The van der Waals surface area contributed by atoms with Gasteiger partial charge in [0.05, 0.1) is 18.6 Å². The molecule has 1 heterocycles. The van der Waals surface area contributed by atoms with Crippen LogP contribution in [0.4, 0.5) is 5.69 Å². The van der Waals surface area contributed by atoms with Crippen LogP contribution in [0.1, 0.15) is 29.5 Å². The second kappa shape index (κ2) is 10.8. The Balaban J connectivity index is 1.60. The van der Waals surface area contributed by atoms with Crippen molar-refractivity contribution in [3.05, 3.63) is 102 Å². The van der Waals surface area contributed by atoms with Crippen molar-refractivity contribution >= 4 is 11.6 Å². The number of anilines is 1. The van der Waals surface area contributed by atoms with Crippen molar-refractivity contribution in [2.24, 2.45) is 0 Å². The summed E-state index contributed by atoms with van der Waals surface area (Å²) in [7, 11) is 1.74. The number of methoxy groups -OCH3 is 1. The van der Waals surface area contributed by atoms with E-state index in [1.165, 1.54) is 5.56 Å². The molecule has 4 rings (SSSR count). The van der Waals surface area contributed by atoms with Gasteiger partial charge in [0.15, 0.2) is 0 Å². The molecule has 172 valence electrons. The Labute approximate surface area is 197 Å². The lowest BCUT2D eigenvalue weighted by atomic mass is 9.84. The second-order valence-electron chi connectivity index (χ2n) is 9.15. The van der Waals surface area contributed by atoms with Crippen LogP contribution in [-0.4, -0.2) is 43.2 Å². The Hall–Kier alpha value is -2.95. The molecule has 4 nitrogen and oxygen atoms in total. The van der Waals surface area contributed by atoms with Crippen LogP contribution < -0.4 is 4.90 Å². The van der Waals surface area contributed by atoms with Crippen molar-refractivity contribution in [1.29, 1.82) is 0 Å². The zero-order valence-electron chi connectivity index (χ0n) is 19.7. The van der Waals surface area contributed by atoms with Gasteiger partial charge in [0.1, 0.15) is 0 Å². The maximum absolute atomic E-state index is 13.8. The summed E-state index contributed by atoms with van der Waals surface area (Å²) in [4.78, 5) is 18.4. The Morgan fingerprint density at radius 1 is 0.909 bits per heavy atom.